The predicted molar refractivity (Wildman–Crippen MR) is 85.9 cm³/mol. The van der Waals surface area contributed by atoms with Crippen LogP contribution in [0.4, 0.5) is 0 Å². The minimum atomic E-state index is -0.0903. The van der Waals surface area contributed by atoms with Crippen LogP contribution in [0.5, 0.6) is 17.2 Å². The van der Waals surface area contributed by atoms with E-state index in [1.165, 1.54) is 6.08 Å². The molecule has 2 rings (SSSR count). The maximum atomic E-state index is 12.2. The quantitative estimate of drug-likeness (QED) is 0.603. The molecule has 0 N–H and O–H groups in total. The Bertz CT molecular complexity index is 672. The number of hydrogen-bond acceptors (Lipinski definition) is 4. The van der Waals surface area contributed by atoms with Crippen molar-refractivity contribution in [3.63, 3.8) is 0 Å². The van der Waals surface area contributed by atoms with Crippen molar-refractivity contribution in [1.29, 1.82) is 0 Å². The van der Waals surface area contributed by atoms with E-state index in [2.05, 4.69) is 0 Å². The van der Waals surface area contributed by atoms with Crippen molar-refractivity contribution in [2.24, 2.45) is 0 Å². The van der Waals surface area contributed by atoms with Crippen molar-refractivity contribution in [1.82, 2.24) is 0 Å². The van der Waals surface area contributed by atoms with Gasteiger partial charge in [0.1, 0.15) is 17.2 Å². The molecule has 2 aromatic rings. The number of carbonyl (C=O) groups is 1. The highest BCUT2D eigenvalue weighted by Gasteiger charge is 2.05. The zero-order chi connectivity index (χ0) is 15.9. The summed E-state index contributed by atoms with van der Waals surface area (Å²) in [6, 6.07) is 12.4. The minimum Gasteiger partial charge on any atom is -0.497 e. The lowest BCUT2D eigenvalue weighted by molar-refractivity contribution is 0.104. The van der Waals surface area contributed by atoms with Gasteiger partial charge in [-0.3, -0.25) is 4.79 Å². The number of hydrogen-bond donors (Lipinski definition) is 0. The maximum Gasteiger partial charge on any atom is 0.185 e. The number of methoxy groups -OCH3 is 3. The first-order chi connectivity index (χ1) is 10.7. The molecule has 0 fully saturated rings. The third kappa shape index (κ3) is 3.67. The summed E-state index contributed by atoms with van der Waals surface area (Å²) < 4.78 is 15.5. The smallest absolute Gasteiger partial charge is 0.185 e. The van der Waals surface area contributed by atoms with Crippen LogP contribution in [0, 0.1) is 0 Å². The molecule has 4 heteroatoms. The normalized spacial score (nSPS) is 10.5. The van der Waals surface area contributed by atoms with Crippen LogP contribution in [0.1, 0.15) is 15.9 Å². The van der Waals surface area contributed by atoms with E-state index in [1.807, 2.05) is 12.1 Å². The van der Waals surface area contributed by atoms with E-state index in [0.717, 1.165) is 11.3 Å². The molecule has 0 aliphatic heterocycles. The maximum absolute atomic E-state index is 12.2. The molecular formula is C18H18O4. The molecule has 0 bridgehead atoms. The van der Waals surface area contributed by atoms with Crippen LogP contribution in [0.25, 0.3) is 6.08 Å². The van der Waals surface area contributed by atoms with Crippen molar-refractivity contribution in [3.8, 4) is 17.2 Å². The van der Waals surface area contributed by atoms with E-state index in [-0.39, 0.29) is 5.78 Å². The van der Waals surface area contributed by atoms with Gasteiger partial charge in [0, 0.05) is 11.1 Å². The van der Waals surface area contributed by atoms with Crippen LogP contribution in [0.15, 0.2) is 48.5 Å². The van der Waals surface area contributed by atoms with Crippen molar-refractivity contribution >= 4 is 11.9 Å². The summed E-state index contributed by atoms with van der Waals surface area (Å²) in [5.74, 6) is 2.01. The van der Waals surface area contributed by atoms with Gasteiger partial charge >= 0.3 is 0 Å². The van der Waals surface area contributed by atoms with Crippen LogP contribution in [-0.4, -0.2) is 27.1 Å². The summed E-state index contributed by atoms with van der Waals surface area (Å²) in [5, 5.41) is 0. The van der Waals surface area contributed by atoms with E-state index < -0.39 is 0 Å². The highest BCUT2D eigenvalue weighted by atomic mass is 16.5. The van der Waals surface area contributed by atoms with Gasteiger partial charge in [0.05, 0.1) is 21.3 Å². The second-order valence-electron chi connectivity index (χ2n) is 4.53. The first kappa shape index (κ1) is 15.6. The summed E-state index contributed by atoms with van der Waals surface area (Å²) in [5.41, 5.74) is 1.38. The SMILES string of the molecule is COc1ccc(C(=O)/C=C/c2cc(OC)ccc2OC)cc1. The average molecular weight is 298 g/mol. The largest absolute Gasteiger partial charge is 0.497 e. The standard InChI is InChI=1S/C18H18O4/c1-20-15-7-4-13(5-8-15)17(19)10-6-14-12-16(21-2)9-11-18(14)22-3/h4-12H,1-3H3/b10-6+. The van der Waals surface area contributed by atoms with Crippen LogP contribution in [0.2, 0.25) is 0 Å². The van der Waals surface area contributed by atoms with E-state index >= 15 is 0 Å². The summed E-state index contributed by atoms with van der Waals surface area (Å²) >= 11 is 0. The van der Waals surface area contributed by atoms with Gasteiger partial charge < -0.3 is 14.2 Å². The van der Waals surface area contributed by atoms with Gasteiger partial charge in [-0.1, -0.05) is 0 Å². The minimum absolute atomic E-state index is 0.0903. The lowest BCUT2D eigenvalue weighted by atomic mass is 10.1. The lowest BCUT2D eigenvalue weighted by Crippen LogP contribution is -1.95. The van der Waals surface area contributed by atoms with Gasteiger partial charge in [0.15, 0.2) is 5.78 Å². The molecule has 0 spiro atoms. The highest BCUT2D eigenvalue weighted by molar-refractivity contribution is 6.07. The summed E-state index contributed by atoms with van der Waals surface area (Å²) in [6.07, 6.45) is 3.23. The first-order valence-electron chi connectivity index (χ1n) is 6.76. The third-order valence-corrected chi connectivity index (χ3v) is 3.23. The Hall–Kier alpha value is -2.75. The van der Waals surface area contributed by atoms with E-state index in [4.69, 9.17) is 14.2 Å². The molecule has 0 amide bonds. The Balaban J connectivity index is 2.21. The van der Waals surface area contributed by atoms with E-state index in [9.17, 15) is 4.79 Å². The fourth-order valence-corrected chi connectivity index (χ4v) is 1.99. The molecule has 0 saturated heterocycles. The second kappa shape index (κ2) is 7.31. The van der Waals surface area contributed by atoms with Gasteiger partial charge in [0.2, 0.25) is 0 Å². The Labute approximate surface area is 129 Å². The zero-order valence-corrected chi connectivity index (χ0v) is 12.8. The molecule has 0 unspecified atom stereocenters. The molecule has 2 aromatic carbocycles. The monoisotopic (exact) mass is 298 g/mol. The molecule has 0 aliphatic carbocycles. The molecule has 0 aromatic heterocycles. The second-order valence-corrected chi connectivity index (χ2v) is 4.53. The molecule has 0 radical (unpaired) electrons. The van der Waals surface area contributed by atoms with E-state index in [0.29, 0.717) is 17.1 Å². The van der Waals surface area contributed by atoms with Gasteiger partial charge in [-0.25, -0.2) is 0 Å². The molecule has 0 atom stereocenters. The fraction of sp³-hybridized carbons (Fsp3) is 0.167. The van der Waals surface area contributed by atoms with Gasteiger partial charge in [-0.2, -0.15) is 0 Å². The van der Waals surface area contributed by atoms with E-state index in [1.54, 1.807) is 57.7 Å². The molecule has 22 heavy (non-hydrogen) atoms. The van der Waals surface area contributed by atoms with Crippen molar-refractivity contribution in [3.05, 3.63) is 59.7 Å². The summed E-state index contributed by atoms with van der Waals surface area (Å²) in [7, 11) is 4.77. The number of allylic oxidation sites excluding steroid dienone is 1. The topological polar surface area (TPSA) is 44.8 Å². The van der Waals surface area contributed by atoms with Crippen molar-refractivity contribution in [2.45, 2.75) is 0 Å². The number of rotatable bonds is 6. The Morgan fingerprint density at radius 3 is 2.09 bits per heavy atom. The summed E-state index contributed by atoms with van der Waals surface area (Å²) in [4.78, 5) is 12.2. The molecule has 0 aliphatic rings. The third-order valence-electron chi connectivity index (χ3n) is 3.23. The summed E-state index contributed by atoms with van der Waals surface area (Å²) in [6.45, 7) is 0. The molecule has 114 valence electrons. The molecule has 4 nitrogen and oxygen atoms in total. The number of carbonyl (C=O) groups excluding carboxylic acids is 1. The number of benzene rings is 2. The number of ether oxygens (including phenoxy) is 3. The predicted octanol–water partition coefficient (Wildman–Crippen LogP) is 3.61. The Morgan fingerprint density at radius 2 is 1.50 bits per heavy atom. The Morgan fingerprint density at radius 1 is 0.864 bits per heavy atom. The average Bonchev–Trinajstić information content (AvgIpc) is 2.59. The van der Waals surface area contributed by atoms with Crippen LogP contribution < -0.4 is 14.2 Å². The molecule has 0 heterocycles. The highest BCUT2D eigenvalue weighted by Crippen LogP contribution is 2.25. The van der Waals surface area contributed by atoms with Gasteiger partial charge in [0.25, 0.3) is 0 Å². The van der Waals surface area contributed by atoms with Crippen molar-refractivity contribution in [2.75, 3.05) is 21.3 Å². The molecule has 0 saturated carbocycles. The van der Waals surface area contributed by atoms with Gasteiger partial charge in [-0.15, -0.1) is 0 Å². The zero-order valence-electron chi connectivity index (χ0n) is 12.8. The van der Waals surface area contributed by atoms with Crippen LogP contribution >= 0.6 is 0 Å². The first-order valence-corrected chi connectivity index (χ1v) is 6.76. The van der Waals surface area contributed by atoms with Gasteiger partial charge in [-0.05, 0) is 54.6 Å². The molecular weight excluding hydrogens is 280 g/mol. The fourth-order valence-electron chi connectivity index (χ4n) is 1.99. The Kier molecular flexibility index (Phi) is 5.20. The lowest BCUT2D eigenvalue weighted by Gasteiger charge is -2.07. The number of ketones is 1. The van der Waals surface area contributed by atoms with Crippen LogP contribution in [0.3, 0.4) is 0 Å². The van der Waals surface area contributed by atoms with Crippen molar-refractivity contribution < 1.29 is 19.0 Å². The van der Waals surface area contributed by atoms with Crippen LogP contribution in [-0.2, 0) is 0 Å².